The first kappa shape index (κ1) is 16.3. The highest BCUT2D eigenvalue weighted by atomic mass is 35.5. The molecule has 0 spiro atoms. The third-order valence-corrected chi connectivity index (χ3v) is 5.05. The zero-order chi connectivity index (χ0) is 14.3. The number of halogens is 1. The van der Waals surface area contributed by atoms with Gasteiger partial charge in [0.25, 0.3) is 5.91 Å². The Morgan fingerprint density at radius 3 is 2.67 bits per heavy atom. The lowest BCUT2D eigenvalue weighted by atomic mass is 9.78. The lowest BCUT2D eigenvalue weighted by Gasteiger charge is -2.29. The molecule has 0 bridgehead atoms. The van der Waals surface area contributed by atoms with Crippen molar-refractivity contribution in [2.24, 2.45) is 17.6 Å². The van der Waals surface area contributed by atoms with Crippen molar-refractivity contribution in [3.8, 4) is 0 Å². The maximum atomic E-state index is 12.7. The largest absolute Gasteiger partial charge is 0.338 e. The number of benzene rings is 1. The minimum atomic E-state index is 0. The maximum Gasteiger partial charge on any atom is 0.254 e. The Morgan fingerprint density at radius 1 is 1.24 bits per heavy atom. The lowest BCUT2D eigenvalue weighted by Crippen LogP contribution is -2.38. The number of likely N-dealkylation sites (tertiary alicyclic amines) is 1. The van der Waals surface area contributed by atoms with Gasteiger partial charge in [0, 0.05) is 24.7 Å². The van der Waals surface area contributed by atoms with Crippen LogP contribution >= 0.6 is 12.4 Å². The third kappa shape index (κ3) is 3.09. The van der Waals surface area contributed by atoms with E-state index >= 15 is 0 Å². The number of rotatable bonds is 1. The van der Waals surface area contributed by atoms with E-state index in [1.54, 1.807) is 0 Å². The summed E-state index contributed by atoms with van der Waals surface area (Å²) >= 11 is 0. The van der Waals surface area contributed by atoms with Gasteiger partial charge in [-0.3, -0.25) is 4.79 Å². The summed E-state index contributed by atoms with van der Waals surface area (Å²) in [6.07, 6.45) is 3.57. The predicted octanol–water partition coefficient (Wildman–Crippen LogP) is 2.92. The average Bonchev–Trinajstić information content (AvgIpc) is 2.83. The van der Waals surface area contributed by atoms with Crippen molar-refractivity contribution < 1.29 is 4.79 Å². The molecule has 3 nitrogen and oxygen atoms in total. The number of hydrogen-bond acceptors (Lipinski definition) is 2. The summed E-state index contributed by atoms with van der Waals surface area (Å²) in [4.78, 5) is 14.7. The number of aryl methyl sites for hydroxylation is 2. The first-order valence-corrected chi connectivity index (χ1v) is 7.68. The van der Waals surface area contributed by atoms with Gasteiger partial charge in [-0.15, -0.1) is 12.4 Å². The van der Waals surface area contributed by atoms with Crippen molar-refractivity contribution in [2.45, 2.75) is 39.2 Å². The van der Waals surface area contributed by atoms with Gasteiger partial charge in [-0.1, -0.05) is 24.1 Å². The molecular formula is C17H25ClN2O. The molecule has 2 fully saturated rings. The molecule has 21 heavy (non-hydrogen) atoms. The van der Waals surface area contributed by atoms with Crippen molar-refractivity contribution >= 4 is 18.3 Å². The molecule has 1 aromatic carbocycles. The van der Waals surface area contributed by atoms with E-state index in [2.05, 4.69) is 13.0 Å². The molecule has 116 valence electrons. The molecule has 3 atom stereocenters. The van der Waals surface area contributed by atoms with Crippen LogP contribution in [0.15, 0.2) is 18.2 Å². The Bertz CT molecular complexity index is 532. The monoisotopic (exact) mass is 308 g/mol. The topological polar surface area (TPSA) is 46.3 Å². The number of fused-ring (bicyclic) bond motifs is 1. The highest BCUT2D eigenvalue weighted by molar-refractivity contribution is 5.95. The second-order valence-electron chi connectivity index (χ2n) is 6.55. The average molecular weight is 309 g/mol. The Hall–Kier alpha value is -1.06. The van der Waals surface area contributed by atoms with Gasteiger partial charge in [0.2, 0.25) is 0 Å². The van der Waals surface area contributed by atoms with E-state index in [-0.39, 0.29) is 24.4 Å². The number of carbonyl (C=O) groups excluding carboxylic acids is 1. The second kappa shape index (κ2) is 6.37. The summed E-state index contributed by atoms with van der Waals surface area (Å²) in [6, 6.07) is 6.36. The molecule has 2 N–H and O–H groups in total. The number of nitrogens with two attached hydrogens (primary N) is 1. The molecule has 1 aromatic rings. The van der Waals surface area contributed by atoms with Crippen LogP contribution in [0.5, 0.6) is 0 Å². The van der Waals surface area contributed by atoms with Crippen molar-refractivity contribution in [3.05, 3.63) is 34.9 Å². The van der Waals surface area contributed by atoms with Crippen LogP contribution in [0.4, 0.5) is 0 Å². The molecule has 1 saturated carbocycles. The van der Waals surface area contributed by atoms with Crippen LogP contribution in [0.25, 0.3) is 0 Å². The van der Waals surface area contributed by atoms with Gasteiger partial charge < -0.3 is 10.6 Å². The van der Waals surface area contributed by atoms with Crippen LogP contribution in [0.1, 0.15) is 40.7 Å². The summed E-state index contributed by atoms with van der Waals surface area (Å²) in [5.41, 5.74) is 9.37. The summed E-state index contributed by atoms with van der Waals surface area (Å²) in [7, 11) is 0. The summed E-state index contributed by atoms with van der Waals surface area (Å²) in [6.45, 7) is 5.82. The van der Waals surface area contributed by atoms with Crippen molar-refractivity contribution in [3.63, 3.8) is 0 Å². The zero-order valence-electron chi connectivity index (χ0n) is 12.8. The van der Waals surface area contributed by atoms with Gasteiger partial charge in [0.15, 0.2) is 0 Å². The second-order valence-corrected chi connectivity index (χ2v) is 6.55. The highest BCUT2D eigenvalue weighted by Crippen LogP contribution is 2.36. The SMILES string of the molecule is Cc1ccc(C(=O)N2CC3CCCC(N)C3C2)c(C)c1.Cl. The van der Waals surface area contributed by atoms with E-state index in [0.717, 1.165) is 30.6 Å². The normalized spacial score (nSPS) is 28.0. The summed E-state index contributed by atoms with van der Waals surface area (Å²) in [5.74, 6) is 1.32. The standard InChI is InChI=1S/C17H24N2O.ClH/c1-11-6-7-14(12(2)8-11)17(20)19-9-13-4-3-5-16(18)15(13)10-19;/h6-8,13,15-16H,3-5,9-10,18H2,1-2H3;1H. The Labute approximate surface area is 133 Å². The van der Waals surface area contributed by atoms with Crippen LogP contribution in [-0.2, 0) is 0 Å². The fourth-order valence-electron chi connectivity index (χ4n) is 3.91. The molecule has 3 unspecified atom stereocenters. The van der Waals surface area contributed by atoms with Gasteiger partial charge in [0.05, 0.1) is 0 Å². The summed E-state index contributed by atoms with van der Waals surface area (Å²) in [5, 5.41) is 0. The first-order chi connectivity index (χ1) is 9.56. The van der Waals surface area contributed by atoms with Crippen molar-refractivity contribution in [1.29, 1.82) is 0 Å². The quantitative estimate of drug-likeness (QED) is 0.867. The van der Waals surface area contributed by atoms with Gasteiger partial charge in [0.1, 0.15) is 0 Å². The number of hydrogen-bond donors (Lipinski definition) is 1. The zero-order valence-corrected chi connectivity index (χ0v) is 13.7. The van der Waals surface area contributed by atoms with Crippen LogP contribution < -0.4 is 5.73 Å². The molecule has 1 saturated heterocycles. The highest BCUT2D eigenvalue weighted by Gasteiger charge is 2.40. The molecule has 0 aromatic heterocycles. The van der Waals surface area contributed by atoms with Crippen LogP contribution in [0.3, 0.4) is 0 Å². The molecular weight excluding hydrogens is 284 g/mol. The fraction of sp³-hybridized carbons (Fsp3) is 0.588. The molecule has 1 aliphatic carbocycles. The predicted molar refractivity (Wildman–Crippen MR) is 87.9 cm³/mol. The minimum absolute atomic E-state index is 0. The molecule has 2 aliphatic rings. The molecule has 1 aliphatic heterocycles. The Kier molecular flexibility index (Phi) is 4.95. The lowest BCUT2D eigenvalue weighted by molar-refractivity contribution is 0.0783. The number of carbonyl (C=O) groups is 1. The molecule has 0 radical (unpaired) electrons. The van der Waals surface area contributed by atoms with E-state index < -0.39 is 0 Å². The molecule has 3 rings (SSSR count). The van der Waals surface area contributed by atoms with E-state index in [0.29, 0.717) is 11.8 Å². The first-order valence-electron chi connectivity index (χ1n) is 7.68. The third-order valence-electron chi connectivity index (χ3n) is 5.05. The maximum absolute atomic E-state index is 12.7. The number of amides is 1. The molecule has 1 heterocycles. The smallest absolute Gasteiger partial charge is 0.254 e. The van der Waals surface area contributed by atoms with Gasteiger partial charge in [-0.25, -0.2) is 0 Å². The van der Waals surface area contributed by atoms with E-state index in [1.807, 2.05) is 24.0 Å². The van der Waals surface area contributed by atoms with Crippen LogP contribution in [0.2, 0.25) is 0 Å². The minimum Gasteiger partial charge on any atom is -0.338 e. The van der Waals surface area contributed by atoms with E-state index in [1.165, 1.54) is 18.4 Å². The summed E-state index contributed by atoms with van der Waals surface area (Å²) < 4.78 is 0. The van der Waals surface area contributed by atoms with Crippen LogP contribution in [-0.4, -0.2) is 29.9 Å². The van der Waals surface area contributed by atoms with Crippen molar-refractivity contribution in [1.82, 2.24) is 4.90 Å². The van der Waals surface area contributed by atoms with Gasteiger partial charge in [-0.05, 0) is 50.2 Å². The fourth-order valence-corrected chi connectivity index (χ4v) is 3.91. The van der Waals surface area contributed by atoms with Crippen LogP contribution in [0, 0.1) is 25.7 Å². The molecule has 1 amide bonds. The Balaban J connectivity index is 0.00000161. The Morgan fingerprint density at radius 2 is 2.00 bits per heavy atom. The van der Waals surface area contributed by atoms with E-state index in [9.17, 15) is 4.79 Å². The van der Waals surface area contributed by atoms with Crippen molar-refractivity contribution in [2.75, 3.05) is 13.1 Å². The van der Waals surface area contributed by atoms with Gasteiger partial charge in [-0.2, -0.15) is 0 Å². The van der Waals surface area contributed by atoms with E-state index in [4.69, 9.17) is 5.73 Å². The molecule has 4 heteroatoms. The van der Waals surface area contributed by atoms with Gasteiger partial charge >= 0.3 is 0 Å². The number of nitrogens with zero attached hydrogens (tertiary/aromatic N) is 1.